The van der Waals surface area contributed by atoms with E-state index in [4.69, 9.17) is 11.6 Å². The first-order chi connectivity index (χ1) is 15.8. The van der Waals surface area contributed by atoms with Gasteiger partial charge in [0, 0.05) is 39.3 Å². The number of halogens is 1. The quantitative estimate of drug-likeness (QED) is 0.646. The minimum atomic E-state index is -3.68. The van der Waals surface area contributed by atoms with Gasteiger partial charge in [0.15, 0.2) is 0 Å². The lowest BCUT2D eigenvalue weighted by atomic mass is 10.1. The van der Waals surface area contributed by atoms with Crippen LogP contribution in [0.25, 0.3) is 0 Å². The Labute approximate surface area is 201 Å². The third-order valence-corrected chi connectivity index (χ3v) is 8.59. The van der Waals surface area contributed by atoms with Gasteiger partial charge in [-0.1, -0.05) is 35.9 Å². The average molecular weight is 491 g/mol. The van der Waals surface area contributed by atoms with E-state index in [1.807, 2.05) is 19.2 Å². The van der Waals surface area contributed by atoms with Gasteiger partial charge in [0.25, 0.3) is 5.91 Å². The number of benzene rings is 2. The van der Waals surface area contributed by atoms with Crippen LogP contribution in [0.4, 0.5) is 0 Å². The third kappa shape index (κ3) is 5.94. The minimum absolute atomic E-state index is 0.0906. The highest BCUT2D eigenvalue weighted by molar-refractivity contribution is 7.89. The van der Waals surface area contributed by atoms with E-state index < -0.39 is 15.9 Å². The Kier molecular flexibility index (Phi) is 7.71. The summed E-state index contributed by atoms with van der Waals surface area (Å²) in [6.45, 7) is 5.82. The molecular formula is C24H31ClN4O3S. The molecule has 4 rings (SSSR count). The lowest BCUT2D eigenvalue weighted by Gasteiger charge is -2.31. The normalized spacial score (nSPS) is 18.5. The molecule has 9 heteroatoms. The van der Waals surface area contributed by atoms with Gasteiger partial charge < -0.3 is 10.2 Å². The molecule has 33 heavy (non-hydrogen) atoms. The molecule has 0 atom stereocenters. The number of hydrogen-bond donors (Lipinski definition) is 1. The molecule has 2 aromatic rings. The predicted octanol–water partition coefficient (Wildman–Crippen LogP) is 2.80. The number of hydrogen-bond acceptors (Lipinski definition) is 5. The molecule has 7 nitrogen and oxygen atoms in total. The molecule has 1 N–H and O–H groups in total. The molecule has 2 aliphatic heterocycles. The van der Waals surface area contributed by atoms with Crippen LogP contribution in [-0.2, 0) is 23.1 Å². The fraction of sp³-hybridized carbons (Fsp3) is 0.458. The van der Waals surface area contributed by atoms with Crippen LogP contribution >= 0.6 is 11.6 Å². The summed E-state index contributed by atoms with van der Waals surface area (Å²) in [4.78, 5) is 17.4. The van der Waals surface area contributed by atoms with Gasteiger partial charge in [-0.15, -0.1) is 0 Å². The van der Waals surface area contributed by atoms with Crippen molar-refractivity contribution in [1.82, 2.24) is 19.4 Å². The maximum absolute atomic E-state index is 13.0. The molecule has 0 radical (unpaired) electrons. The van der Waals surface area contributed by atoms with Crippen molar-refractivity contribution in [2.45, 2.75) is 30.8 Å². The van der Waals surface area contributed by atoms with Crippen LogP contribution in [0, 0.1) is 0 Å². The van der Waals surface area contributed by atoms with Gasteiger partial charge in [0.1, 0.15) is 0 Å². The number of carbonyl (C=O) groups excluding carboxylic acids is 1. The van der Waals surface area contributed by atoms with Crippen LogP contribution in [-0.4, -0.2) is 74.7 Å². The molecule has 0 aliphatic carbocycles. The van der Waals surface area contributed by atoms with Crippen molar-refractivity contribution in [3.05, 3.63) is 64.2 Å². The van der Waals surface area contributed by atoms with Crippen LogP contribution < -0.4 is 5.32 Å². The first kappa shape index (κ1) is 24.2. The topological polar surface area (TPSA) is 73.0 Å². The van der Waals surface area contributed by atoms with Crippen LogP contribution in [0.1, 0.15) is 34.3 Å². The highest BCUT2D eigenvalue weighted by Crippen LogP contribution is 2.24. The molecule has 2 fully saturated rings. The number of rotatable bonds is 7. The van der Waals surface area contributed by atoms with E-state index in [1.54, 1.807) is 0 Å². The molecule has 1 amide bonds. The van der Waals surface area contributed by atoms with Crippen molar-refractivity contribution in [3.63, 3.8) is 0 Å². The fourth-order valence-corrected chi connectivity index (χ4v) is 5.91. The van der Waals surface area contributed by atoms with Gasteiger partial charge in [0.2, 0.25) is 10.0 Å². The summed E-state index contributed by atoms with van der Waals surface area (Å²) in [5, 5.41) is 3.09. The molecule has 0 spiro atoms. The predicted molar refractivity (Wildman–Crippen MR) is 130 cm³/mol. The molecule has 0 bridgehead atoms. The lowest BCUT2D eigenvalue weighted by molar-refractivity contribution is 0.0951. The van der Waals surface area contributed by atoms with Crippen LogP contribution in [0.5, 0.6) is 0 Å². The highest BCUT2D eigenvalue weighted by atomic mass is 35.5. The second-order valence-electron chi connectivity index (χ2n) is 8.83. The van der Waals surface area contributed by atoms with Gasteiger partial charge in [-0.3, -0.25) is 9.69 Å². The number of nitrogens with one attached hydrogen (secondary N) is 1. The van der Waals surface area contributed by atoms with Crippen molar-refractivity contribution in [3.8, 4) is 0 Å². The van der Waals surface area contributed by atoms with Gasteiger partial charge in [-0.25, -0.2) is 8.42 Å². The van der Waals surface area contributed by atoms with Crippen LogP contribution in [0.3, 0.4) is 0 Å². The summed E-state index contributed by atoms with van der Waals surface area (Å²) in [6.07, 6.45) is 2.54. The highest BCUT2D eigenvalue weighted by Gasteiger charge is 2.28. The Balaban J connectivity index is 1.39. The molecule has 2 aliphatic rings. The molecule has 178 valence electrons. The van der Waals surface area contributed by atoms with Gasteiger partial charge in [-0.2, -0.15) is 4.31 Å². The number of likely N-dealkylation sites (tertiary alicyclic amines) is 1. The number of sulfonamides is 1. The maximum atomic E-state index is 13.0. The van der Waals surface area contributed by atoms with Crippen molar-refractivity contribution < 1.29 is 13.2 Å². The van der Waals surface area contributed by atoms with E-state index in [2.05, 4.69) is 27.2 Å². The zero-order valence-corrected chi connectivity index (χ0v) is 20.5. The monoisotopic (exact) mass is 490 g/mol. The second kappa shape index (κ2) is 10.5. The lowest BCUT2D eigenvalue weighted by Crippen LogP contribution is -2.47. The Bertz CT molecular complexity index is 1080. The molecule has 0 aromatic heterocycles. The van der Waals surface area contributed by atoms with Gasteiger partial charge in [0.05, 0.1) is 15.5 Å². The summed E-state index contributed by atoms with van der Waals surface area (Å²) >= 11 is 6.25. The molecule has 0 unspecified atom stereocenters. The molecule has 2 saturated heterocycles. The number of amides is 1. The van der Waals surface area contributed by atoms with E-state index >= 15 is 0 Å². The second-order valence-corrected chi connectivity index (χ2v) is 11.2. The first-order valence-electron chi connectivity index (χ1n) is 11.4. The van der Waals surface area contributed by atoms with Crippen molar-refractivity contribution in [2.24, 2.45) is 0 Å². The molecule has 2 aromatic carbocycles. The SMILES string of the molecule is CN1CCN(S(=O)(=O)c2ccc(Cl)c(C(=O)NCc3ccc(CN4CCCC4)cc3)c2)CC1. The summed E-state index contributed by atoms with van der Waals surface area (Å²) in [5.41, 5.74) is 2.40. The van der Waals surface area contributed by atoms with Crippen molar-refractivity contribution >= 4 is 27.5 Å². The van der Waals surface area contributed by atoms with Gasteiger partial charge in [-0.05, 0) is 62.3 Å². The smallest absolute Gasteiger partial charge is 0.253 e. The van der Waals surface area contributed by atoms with E-state index in [1.165, 1.54) is 40.9 Å². The third-order valence-electron chi connectivity index (χ3n) is 6.36. The summed E-state index contributed by atoms with van der Waals surface area (Å²) in [6, 6.07) is 12.5. The number of piperazine rings is 1. The number of carbonyl (C=O) groups is 1. The molecule has 0 saturated carbocycles. The standard InChI is InChI=1S/C24H31ClN4O3S/c1-27-12-14-29(15-13-27)33(31,32)21-8-9-23(25)22(16-21)24(30)26-17-19-4-6-20(7-5-19)18-28-10-2-3-11-28/h4-9,16H,2-3,10-15,17-18H2,1H3,(H,26,30). The average Bonchev–Trinajstić information content (AvgIpc) is 3.32. The van der Waals surface area contributed by atoms with Gasteiger partial charge >= 0.3 is 0 Å². The van der Waals surface area contributed by atoms with Crippen LogP contribution in [0.2, 0.25) is 5.02 Å². The summed E-state index contributed by atoms with van der Waals surface area (Å²) < 4.78 is 27.5. The Morgan fingerprint density at radius 2 is 1.58 bits per heavy atom. The number of likely N-dealkylation sites (N-methyl/N-ethyl adjacent to an activating group) is 1. The summed E-state index contributed by atoms with van der Waals surface area (Å²) in [5.74, 6) is -0.392. The molecular weight excluding hydrogens is 460 g/mol. The van der Waals surface area contributed by atoms with E-state index in [0.717, 1.165) is 25.2 Å². The van der Waals surface area contributed by atoms with E-state index in [0.29, 0.717) is 32.7 Å². The minimum Gasteiger partial charge on any atom is -0.348 e. The Hall–Kier alpha value is -1.97. The van der Waals surface area contributed by atoms with E-state index in [-0.39, 0.29) is 15.5 Å². The van der Waals surface area contributed by atoms with Crippen molar-refractivity contribution in [1.29, 1.82) is 0 Å². The maximum Gasteiger partial charge on any atom is 0.253 e. The zero-order valence-electron chi connectivity index (χ0n) is 19.0. The van der Waals surface area contributed by atoms with E-state index in [9.17, 15) is 13.2 Å². The van der Waals surface area contributed by atoms with Crippen molar-refractivity contribution in [2.75, 3.05) is 46.3 Å². The van der Waals surface area contributed by atoms with Crippen LogP contribution in [0.15, 0.2) is 47.4 Å². The zero-order chi connectivity index (χ0) is 23.4. The summed E-state index contributed by atoms with van der Waals surface area (Å²) in [7, 11) is -1.71. The number of nitrogens with zero attached hydrogens (tertiary/aromatic N) is 3. The first-order valence-corrected chi connectivity index (χ1v) is 13.2. The Morgan fingerprint density at radius 3 is 2.24 bits per heavy atom. The molecule has 2 heterocycles. The fourth-order valence-electron chi connectivity index (χ4n) is 4.26. The Morgan fingerprint density at radius 1 is 0.939 bits per heavy atom. The largest absolute Gasteiger partial charge is 0.348 e.